The van der Waals surface area contributed by atoms with Gasteiger partial charge in [0.25, 0.3) is 0 Å². The number of nitrogens with one attached hydrogen (secondary N) is 3. The molecule has 0 bridgehead atoms. The van der Waals surface area contributed by atoms with Crippen LogP contribution in [0.1, 0.15) is 11.1 Å². The molecule has 0 saturated carbocycles. The molecule has 1 aromatic heterocycles. The number of alkyl halides is 6. The quantitative estimate of drug-likeness (QED) is 0.418. The van der Waals surface area contributed by atoms with Crippen LogP contribution in [0, 0.1) is 0 Å². The maximum atomic E-state index is 12.8. The number of rotatable bonds is 3. The molecule has 0 amide bonds. The van der Waals surface area contributed by atoms with E-state index in [1.165, 1.54) is 6.20 Å². The first-order valence-corrected chi connectivity index (χ1v) is 7.00. The van der Waals surface area contributed by atoms with Crippen molar-refractivity contribution in [1.29, 1.82) is 0 Å². The fourth-order valence-electron chi connectivity index (χ4n) is 1.75. The van der Waals surface area contributed by atoms with Crippen LogP contribution in [-0.4, -0.2) is 10.1 Å². The number of hydrogen-bond donors (Lipinski definition) is 3. The summed E-state index contributed by atoms with van der Waals surface area (Å²) in [5.41, 5.74) is 1.62. The van der Waals surface area contributed by atoms with E-state index < -0.39 is 29.2 Å². The molecule has 1 heterocycles. The zero-order valence-electron chi connectivity index (χ0n) is 12.2. The third-order valence-corrected chi connectivity index (χ3v) is 3.02. The van der Waals surface area contributed by atoms with Gasteiger partial charge in [-0.15, -0.1) is 0 Å². The van der Waals surface area contributed by atoms with Gasteiger partial charge in [0.05, 0.1) is 11.1 Å². The molecule has 0 aliphatic carbocycles. The van der Waals surface area contributed by atoms with Crippen molar-refractivity contribution in [3.05, 3.63) is 53.7 Å². The molecule has 2 rings (SSSR count). The highest BCUT2D eigenvalue weighted by Crippen LogP contribution is 2.37. The van der Waals surface area contributed by atoms with Crippen molar-refractivity contribution in [2.75, 3.05) is 10.7 Å². The maximum absolute atomic E-state index is 12.8. The molecule has 0 fully saturated rings. The number of anilines is 2. The predicted molar refractivity (Wildman–Crippen MR) is 83.7 cm³/mol. The first-order chi connectivity index (χ1) is 11.6. The van der Waals surface area contributed by atoms with Crippen molar-refractivity contribution in [3.8, 4) is 0 Å². The van der Waals surface area contributed by atoms with Gasteiger partial charge in [-0.3, -0.25) is 10.9 Å². The van der Waals surface area contributed by atoms with Crippen LogP contribution in [0.3, 0.4) is 0 Å². The SMILES string of the molecule is FC(F)(F)c1cc(NC(=S)NNc2ccccn2)cc(C(F)(F)F)c1. The molecule has 0 atom stereocenters. The van der Waals surface area contributed by atoms with E-state index >= 15 is 0 Å². The number of thiocarbonyl (C=S) groups is 1. The largest absolute Gasteiger partial charge is 0.416 e. The van der Waals surface area contributed by atoms with Crippen molar-refractivity contribution < 1.29 is 26.3 Å². The zero-order valence-corrected chi connectivity index (χ0v) is 13.0. The van der Waals surface area contributed by atoms with Crippen molar-refractivity contribution in [1.82, 2.24) is 10.4 Å². The number of nitrogens with zero attached hydrogens (tertiary/aromatic N) is 1. The molecule has 1 aromatic carbocycles. The Balaban J connectivity index is 2.16. The van der Waals surface area contributed by atoms with E-state index in [4.69, 9.17) is 12.2 Å². The van der Waals surface area contributed by atoms with Gasteiger partial charge in [-0.25, -0.2) is 4.98 Å². The molecule has 11 heteroatoms. The van der Waals surface area contributed by atoms with Crippen LogP contribution in [0.25, 0.3) is 0 Å². The lowest BCUT2D eigenvalue weighted by Crippen LogP contribution is -2.33. The fourth-order valence-corrected chi connectivity index (χ4v) is 1.92. The van der Waals surface area contributed by atoms with Gasteiger partial charge < -0.3 is 5.32 Å². The van der Waals surface area contributed by atoms with E-state index in [1.54, 1.807) is 18.2 Å². The standard InChI is InChI=1S/C14H10F6N4S/c15-13(16,17)8-5-9(14(18,19)20)7-10(6-8)22-12(25)24-23-11-3-1-2-4-21-11/h1-7H,(H,21,23)(H2,22,24,25). The minimum Gasteiger partial charge on any atom is -0.331 e. The maximum Gasteiger partial charge on any atom is 0.416 e. The Kier molecular flexibility index (Phi) is 5.36. The summed E-state index contributed by atoms with van der Waals surface area (Å²) in [6, 6.07) is 5.99. The van der Waals surface area contributed by atoms with Crippen LogP contribution in [0.4, 0.5) is 37.8 Å². The van der Waals surface area contributed by atoms with Crippen LogP contribution in [-0.2, 0) is 12.4 Å². The Morgan fingerprint density at radius 3 is 2.00 bits per heavy atom. The van der Waals surface area contributed by atoms with Crippen LogP contribution in [0.5, 0.6) is 0 Å². The second-order valence-corrected chi connectivity index (χ2v) is 5.12. The highest BCUT2D eigenvalue weighted by Gasteiger charge is 2.37. The zero-order chi connectivity index (χ0) is 18.7. The lowest BCUT2D eigenvalue weighted by Gasteiger charge is -2.16. The molecule has 0 spiro atoms. The van der Waals surface area contributed by atoms with Crippen molar-refractivity contribution in [2.45, 2.75) is 12.4 Å². The monoisotopic (exact) mass is 380 g/mol. The second kappa shape index (κ2) is 7.13. The van der Waals surface area contributed by atoms with E-state index in [2.05, 4.69) is 21.2 Å². The molecule has 25 heavy (non-hydrogen) atoms. The number of hydrogen-bond acceptors (Lipinski definition) is 3. The second-order valence-electron chi connectivity index (χ2n) is 4.71. The molecule has 4 nitrogen and oxygen atoms in total. The van der Waals surface area contributed by atoms with Gasteiger partial charge in [0, 0.05) is 11.9 Å². The van der Waals surface area contributed by atoms with Gasteiger partial charge in [-0.2, -0.15) is 26.3 Å². The summed E-state index contributed by atoms with van der Waals surface area (Å²) < 4.78 is 76.7. The lowest BCUT2D eigenvalue weighted by atomic mass is 10.1. The summed E-state index contributed by atoms with van der Waals surface area (Å²) >= 11 is 4.83. The number of pyridine rings is 1. The minimum atomic E-state index is -4.93. The molecule has 2 aromatic rings. The van der Waals surface area contributed by atoms with Gasteiger partial charge in [-0.1, -0.05) is 6.07 Å². The lowest BCUT2D eigenvalue weighted by molar-refractivity contribution is -0.143. The average Bonchev–Trinajstić information content (AvgIpc) is 2.52. The first kappa shape index (κ1) is 18.8. The fraction of sp³-hybridized carbons (Fsp3) is 0.143. The normalized spacial score (nSPS) is 11.8. The molecular formula is C14H10F6N4S. The van der Waals surface area contributed by atoms with Crippen molar-refractivity contribution >= 4 is 28.8 Å². The Morgan fingerprint density at radius 2 is 1.52 bits per heavy atom. The van der Waals surface area contributed by atoms with E-state index in [9.17, 15) is 26.3 Å². The highest BCUT2D eigenvalue weighted by atomic mass is 32.1. The van der Waals surface area contributed by atoms with Crippen molar-refractivity contribution in [2.24, 2.45) is 0 Å². The summed E-state index contributed by atoms with van der Waals surface area (Å²) in [4.78, 5) is 3.89. The smallest absolute Gasteiger partial charge is 0.331 e. The van der Waals surface area contributed by atoms with Crippen molar-refractivity contribution in [3.63, 3.8) is 0 Å². The van der Waals surface area contributed by atoms with Crippen LogP contribution in [0.2, 0.25) is 0 Å². The molecule has 0 aliphatic heterocycles. The average molecular weight is 380 g/mol. The summed E-state index contributed by atoms with van der Waals surface area (Å²) in [7, 11) is 0. The van der Waals surface area contributed by atoms with E-state index in [0.717, 1.165) is 0 Å². The molecule has 0 radical (unpaired) electrons. The number of hydrazine groups is 1. The Bertz CT molecular complexity index is 713. The molecular weight excluding hydrogens is 370 g/mol. The molecule has 0 unspecified atom stereocenters. The number of halogens is 6. The molecule has 0 saturated heterocycles. The molecule has 134 valence electrons. The Labute approximate surface area is 143 Å². The third-order valence-electron chi connectivity index (χ3n) is 2.81. The predicted octanol–water partition coefficient (Wildman–Crippen LogP) is 4.43. The van der Waals surface area contributed by atoms with Crippen LogP contribution < -0.4 is 16.2 Å². The molecule has 0 aliphatic rings. The number of benzene rings is 1. The van der Waals surface area contributed by atoms with E-state index in [0.29, 0.717) is 18.0 Å². The molecule has 3 N–H and O–H groups in total. The summed E-state index contributed by atoms with van der Waals surface area (Å²) in [5, 5.41) is 2.03. The topological polar surface area (TPSA) is 49.0 Å². The highest BCUT2D eigenvalue weighted by molar-refractivity contribution is 7.80. The van der Waals surface area contributed by atoms with Crippen LogP contribution in [0.15, 0.2) is 42.6 Å². The summed E-state index contributed by atoms with van der Waals surface area (Å²) in [6.45, 7) is 0. The van der Waals surface area contributed by atoms with Gasteiger partial charge in [0.2, 0.25) is 0 Å². The summed E-state index contributed by atoms with van der Waals surface area (Å²) in [5.74, 6) is 0.353. The van der Waals surface area contributed by atoms with E-state index in [-0.39, 0.29) is 11.2 Å². The minimum absolute atomic E-state index is 0.0355. The number of aromatic nitrogens is 1. The Hall–Kier alpha value is -2.56. The Morgan fingerprint density at radius 1 is 0.920 bits per heavy atom. The first-order valence-electron chi connectivity index (χ1n) is 6.59. The van der Waals surface area contributed by atoms with E-state index in [1.807, 2.05) is 0 Å². The van der Waals surface area contributed by atoms with Gasteiger partial charge in [0.1, 0.15) is 5.82 Å². The van der Waals surface area contributed by atoms with Gasteiger partial charge in [-0.05, 0) is 42.5 Å². The summed E-state index contributed by atoms with van der Waals surface area (Å²) in [6.07, 6.45) is -8.39. The van der Waals surface area contributed by atoms with Crippen LogP contribution >= 0.6 is 12.2 Å². The van der Waals surface area contributed by atoms with Gasteiger partial charge >= 0.3 is 12.4 Å². The third kappa shape index (κ3) is 5.48. The van der Waals surface area contributed by atoms with Gasteiger partial charge in [0.15, 0.2) is 5.11 Å².